The Bertz CT molecular complexity index is 867. The third-order valence-corrected chi connectivity index (χ3v) is 5.61. The van der Waals surface area contributed by atoms with Gasteiger partial charge in [-0.1, -0.05) is 30.2 Å². The minimum atomic E-state index is -0.642. The Balaban J connectivity index is 1.51. The first kappa shape index (κ1) is 18.1. The average molecular weight is 390 g/mol. The summed E-state index contributed by atoms with van der Waals surface area (Å²) in [7, 11) is 0. The lowest BCUT2D eigenvalue weighted by Crippen LogP contribution is -2.49. The molecule has 0 bridgehead atoms. The van der Waals surface area contributed by atoms with Gasteiger partial charge in [0, 0.05) is 13.0 Å². The van der Waals surface area contributed by atoms with Crippen molar-refractivity contribution in [2.45, 2.75) is 37.6 Å². The van der Waals surface area contributed by atoms with E-state index >= 15 is 0 Å². The van der Waals surface area contributed by atoms with Crippen LogP contribution in [0.1, 0.15) is 36.8 Å². The lowest BCUT2D eigenvalue weighted by atomic mass is 9.64. The Morgan fingerprint density at radius 1 is 1.15 bits per heavy atom. The molecule has 1 heterocycles. The van der Waals surface area contributed by atoms with Crippen LogP contribution in [-0.4, -0.2) is 19.1 Å². The topological polar surface area (TPSA) is 47.6 Å². The molecule has 1 N–H and O–H groups in total. The van der Waals surface area contributed by atoms with Crippen molar-refractivity contribution in [2.75, 3.05) is 13.2 Å². The summed E-state index contributed by atoms with van der Waals surface area (Å²) in [6, 6.07) is 9.97. The number of carbonyl (C=O) groups excluding carboxylic acids is 1. The van der Waals surface area contributed by atoms with Crippen molar-refractivity contribution in [1.82, 2.24) is 5.32 Å². The molecule has 1 saturated carbocycles. The molecule has 1 amide bonds. The molecule has 2 aromatic carbocycles. The van der Waals surface area contributed by atoms with Crippen molar-refractivity contribution in [1.29, 1.82) is 0 Å². The van der Waals surface area contributed by atoms with Gasteiger partial charge in [0.1, 0.15) is 5.82 Å². The van der Waals surface area contributed by atoms with Gasteiger partial charge in [0.25, 0.3) is 0 Å². The fourth-order valence-electron chi connectivity index (χ4n) is 3.70. The number of amides is 1. The Kier molecular flexibility index (Phi) is 4.96. The van der Waals surface area contributed by atoms with Crippen LogP contribution in [0.4, 0.5) is 4.39 Å². The Morgan fingerprint density at radius 3 is 2.70 bits per heavy atom. The smallest absolute Gasteiger partial charge is 0.230 e. The van der Waals surface area contributed by atoms with Gasteiger partial charge in [-0.05, 0) is 48.2 Å². The van der Waals surface area contributed by atoms with E-state index < -0.39 is 5.41 Å². The third-order valence-electron chi connectivity index (χ3n) is 5.33. The molecule has 1 fully saturated rings. The minimum absolute atomic E-state index is 0.0809. The number of halogens is 2. The highest BCUT2D eigenvalue weighted by Gasteiger charge is 2.45. The van der Waals surface area contributed by atoms with Crippen LogP contribution < -0.4 is 14.8 Å². The van der Waals surface area contributed by atoms with E-state index in [9.17, 15) is 9.18 Å². The highest BCUT2D eigenvalue weighted by molar-refractivity contribution is 6.32. The van der Waals surface area contributed by atoms with Crippen LogP contribution in [0, 0.1) is 5.82 Å². The highest BCUT2D eigenvalue weighted by Crippen LogP contribution is 2.44. The molecule has 6 heteroatoms. The summed E-state index contributed by atoms with van der Waals surface area (Å²) in [4.78, 5) is 12.9. The number of nitrogens with one attached hydrogen (secondary N) is 1. The van der Waals surface area contributed by atoms with E-state index in [1.54, 1.807) is 12.1 Å². The third kappa shape index (κ3) is 3.48. The van der Waals surface area contributed by atoms with Crippen LogP contribution in [0.2, 0.25) is 5.02 Å². The van der Waals surface area contributed by atoms with E-state index in [0.29, 0.717) is 36.3 Å². The number of benzene rings is 2. The maximum Gasteiger partial charge on any atom is 0.230 e. The normalized spacial score (nSPS) is 17.6. The first-order chi connectivity index (χ1) is 13.1. The predicted molar refractivity (Wildman–Crippen MR) is 101 cm³/mol. The first-order valence-electron chi connectivity index (χ1n) is 9.21. The van der Waals surface area contributed by atoms with E-state index in [4.69, 9.17) is 21.1 Å². The monoisotopic (exact) mass is 389 g/mol. The zero-order valence-electron chi connectivity index (χ0n) is 14.9. The molecule has 0 radical (unpaired) electrons. The average Bonchev–Trinajstić information content (AvgIpc) is 2.85. The molecule has 142 valence electrons. The van der Waals surface area contributed by atoms with Gasteiger partial charge in [0.15, 0.2) is 11.5 Å². The van der Waals surface area contributed by atoms with E-state index in [2.05, 4.69) is 5.32 Å². The van der Waals surface area contributed by atoms with Gasteiger partial charge < -0.3 is 14.8 Å². The fourth-order valence-corrected chi connectivity index (χ4v) is 3.99. The summed E-state index contributed by atoms with van der Waals surface area (Å²) < 4.78 is 25.0. The number of hydrogen-bond donors (Lipinski definition) is 1. The fraction of sp³-hybridized carbons (Fsp3) is 0.381. The Labute approximate surface area is 162 Å². The van der Waals surface area contributed by atoms with Crippen LogP contribution in [0.15, 0.2) is 36.4 Å². The molecule has 2 aromatic rings. The molecule has 1 aliphatic carbocycles. The SMILES string of the molecule is O=C(NCc1cc(Cl)c2c(c1)OCCCO2)C1(c2cccc(F)c2)CCC1. The van der Waals surface area contributed by atoms with Gasteiger partial charge in [-0.15, -0.1) is 0 Å². The second-order valence-corrected chi connectivity index (χ2v) is 7.49. The summed E-state index contributed by atoms with van der Waals surface area (Å²) in [6.07, 6.45) is 3.21. The lowest BCUT2D eigenvalue weighted by molar-refractivity contribution is -0.130. The second-order valence-electron chi connectivity index (χ2n) is 7.08. The van der Waals surface area contributed by atoms with Gasteiger partial charge in [0.05, 0.1) is 23.7 Å². The molecule has 0 aromatic heterocycles. The summed E-state index contributed by atoms with van der Waals surface area (Å²) in [5.41, 5.74) is 0.936. The van der Waals surface area contributed by atoms with Crippen molar-refractivity contribution in [3.05, 3.63) is 58.4 Å². The van der Waals surface area contributed by atoms with Gasteiger partial charge >= 0.3 is 0 Å². The molecule has 4 rings (SSSR count). The van der Waals surface area contributed by atoms with Crippen molar-refractivity contribution in [2.24, 2.45) is 0 Å². The van der Waals surface area contributed by atoms with E-state index in [1.165, 1.54) is 12.1 Å². The van der Waals surface area contributed by atoms with Crippen molar-refractivity contribution >= 4 is 17.5 Å². The second kappa shape index (κ2) is 7.39. The molecule has 0 unspecified atom stereocenters. The minimum Gasteiger partial charge on any atom is -0.489 e. The Hall–Kier alpha value is -2.27. The largest absolute Gasteiger partial charge is 0.489 e. The molecule has 27 heavy (non-hydrogen) atoms. The number of carbonyl (C=O) groups is 1. The summed E-state index contributed by atoms with van der Waals surface area (Å²) in [6.45, 7) is 1.47. The number of fused-ring (bicyclic) bond motifs is 1. The first-order valence-corrected chi connectivity index (χ1v) is 9.59. The summed E-state index contributed by atoms with van der Waals surface area (Å²) in [5.74, 6) is 0.760. The maximum absolute atomic E-state index is 13.6. The Morgan fingerprint density at radius 2 is 1.96 bits per heavy atom. The van der Waals surface area contributed by atoms with Crippen LogP contribution >= 0.6 is 11.6 Å². The van der Waals surface area contributed by atoms with Crippen LogP contribution in [0.3, 0.4) is 0 Å². The van der Waals surface area contributed by atoms with Crippen LogP contribution in [0.5, 0.6) is 11.5 Å². The molecule has 0 saturated heterocycles. The predicted octanol–water partition coefficient (Wildman–Crippen LogP) is 4.38. The molecule has 2 aliphatic rings. The quantitative estimate of drug-likeness (QED) is 0.844. The van der Waals surface area contributed by atoms with Crippen LogP contribution in [-0.2, 0) is 16.8 Å². The molecular weight excluding hydrogens is 369 g/mol. The van der Waals surface area contributed by atoms with Crippen molar-refractivity contribution < 1.29 is 18.7 Å². The number of ether oxygens (including phenoxy) is 2. The molecule has 0 atom stereocenters. The van der Waals surface area contributed by atoms with E-state index in [1.807, 2.05) is 12.1 Å². The lowest BCUT2D eigenvalue weighted by Gasteiger charge is -2.40. The van der Waals surface area contributed by atoms with Gasteiger partial charge in [-0.2, -0.15) is 0 Å². The maximum atomic E-state index is 13.6. The molecule has 1 aliphatic heterocycles. The zero-order valence-corrected chi connectivity index (χ0v) is 15.7. The summed E-state index contributed by atoms with van der Waals surface area (Å²) >= 11 is 6.32. The molecular formula is C21H21ClFNO3. The van der Waals surface area contributed by atoms with Crippen molar-refractivity contribution in [3.8, 4) is 11.5 Å². The molecule has 0 spiro atoms. The van der Waals surface area contributed by atoms with E-state index in [-0.39, 0.29) is 11.7 Å². The standard InChI is InChI=1S/C21H21ClFNO3/c22-17-10-14(11-18-19(17)27-9-3-8-26-18)13-24-20(25)21(6-2-7-21)15-4-1-5-16(23)12-15/h1,4-5,10-12H,2-3,6-9,13H2,(H,24,25). The van der Waals surface area contributed by atoms with Crippen LogP contribution in [0.25, 0.3) is 0 Å². The van der Waals surface area contributed by atoms with Gasteiger partial charge in [0.2, 0.25) is 5.91 Å². The molecule has 4 nitrogen and oxygen atoms in total. The zero-order chi connectivity index (χ0) is 18.9. The van der Waals surface area contributed by atoms with E-state index in [0.717, 1.165) is 36.8 Å². The number of rotatable bonds is 4. The summed E-state index contributed by atoms with van der Waals surface area (Å²) in [5, 5.41) is 3.47. The van der Waals surface area contributed by atoms with Gasteiger partial charge in [-0.25, -0.2) is 4.39 Å². The van der Waals surface area contributed by atoms with Gasteiger partial charge in [-0.3, -0.25) is 4.79 Å². The van der Waals surface area contributed by atoms with Crippen molar-refractivity contribution in [3.63, 3.8) is 0 Å². The number of hydrogen-bond acceptors (Lipinski definition) is 3. The highest BCUT2D eigenvalue weighted by atomic mass is 35.5.